The highest BCUT2D eigenvalue weighted by atomic mass is 35.5. The quantitative estimate of drug-likeness (QED) is 0.780. The van der Waals surface area contributed by atoms with Crippen LogP contribution in [0.15, 0.2) is 18.2 Å². The van der Waals surface area contributed by atoms with Gasteiger partial charge in [-0.05, 0) is 18.1 Å². The summed E-state index contributed by atoms with van der Waals surface area (Å²) in [6, 6.07) is 5.53. The average molecular weight is 262 g/mol. The summed E-state index contributed by atoms with van der Waals surface area (Å²) >= 11 is 11.9. The number of hydrogen-bond donors (Lipinski definition) is 1. The SMILES string of the molecule is CC(C)COCCNc1cccc(Cl)c1Cl. The summed E-state index contributed by atoms with van der Waals surface area (Å²) in [7, 11) is 0. The molecule has 0 aliphatic rings. The molecule has 0 aromatic heterocycles. The number of hydrogen-bond acceptors (Lipinski definition) is 2. The Kier molecular flexibility index (Phi) is 5.96. The fourth-order valence-electron chi connectivity index (χ4n) is 1.22. The van der Waals surface area contributed by atoms with Crippen LogP contribution in [-0.2, 0) is 4.74 Å². The van der Waals surface area contributed by atoms with Crippen molar-refractivity contribution in [1.82, 2.24) is 0 Å². The van der Waals surface area contributed by atoms with Crippen LogP contribution in [-0.4, -0.2) is 19.8 Å². The first-order valence-corrected chi connectivity index (χ1v) is 6.12. The van der Waals surface area contributed by atoms with Gasteiger partial charge < -0.3 is 10.1 Å². The predicted molar refractivity (Wildman–Crippen MR) is 70.6 cm³/mol. The lowest BCUT2D eigenvalue weighted by atomic mass is 10.2. The van der Waals surface area contributed by atoms with Crippen molar-refractivity contribution in [2.75, 3.05) is 25.1 Å². The lowest BCUT2D eigenvalue weighted by Gasteiger charge is -2.10. The van der Waals surface area contributed by atoms with Crippen molar-refractivity contribution in [2.45, 2.75) is 13.8 Å². The van der Waals surface area contributed by atoms with Crippen LogP contribution in [0.3, 0.4) is 0 Å². The minimum atomic E-state index is 0.563. The molecule has 0 heterocycles. The molecule has 0 aliphatic carbocycles. The average Bonchev–Trinajstić information content (AvgIpc) is 2.23. The lowest BCUT2D eigenvalue weighted by molar-refractivity contribution is 0.118. The van der Waals surface area contributed by atoms with Gasteiger partial charge >= 0.3 is 0 Å². The van der Waals surface area contributed by atoms with Crippen molar-refractivity contribution in [3.63, 3.8) is 0 Å². The van der Waals surface area contributed by atoms with Crippen LogP contribution in [0.2, 0.25) is 10.0 Å². The van der Waals surface area contributed by atoms with E-state index in [1.54, 1.807) is 6.07 Å². The van der Waals surface area contributed by atoms with Crippen molar-refractivity contribution in [2.24, 2.45) is 5.92 Å². The highest BCUT2D eigenvalue weighted by Gasteiger charge is 2.02. The van der Waals surface area contributed by atoms with Gasteiger partial charge in [-0.1, -0.05) is 43.1 Å². The number of anilines is 1. The van der Waals surface area contributed by atoms with E-state index < -0.39 is 0 Å². The van der Waals surface area contributed by atoms with E-state index in [0.29, 0.717) is 22.6 Å². The van der Waals surface area contributed by atoms with Crippen molar-refractivity contribution in [3.05, 3.63) is 28.2 Å². The molecule has 0 bridgehead atoms. The minimum Gasteiger partial charge on any atom is -0.381 e. The summed E-state index contributed by atoms with van der Waals surface area (Å²) in [5.41, 5.74) is 0.849. The highest BCUT2D eigenvalue weighted by molar-refractivity contribution is 6.43. The molecule has 0 fully saturated rings. The summed E-state index contributed by atoms with van der Waals surface area (Å²) in [5.74, 6) is 0.565. The minimum absolute atomic E-state index is 0.563. The fraction of sp³-hybridized carbons (Fsp3) is 0.500. The van der Waals surface area contributed by atoms with E-state index >= 15 is 0 Å². The molecule has 0 saturated heterocycles. The first-order chi connectivity index (χ1) is 7.61. The molecule has 1 rings (SSSR count). The molecular formula is C12H17Cl2NO. The van der Waals surface area contributed by atoms with Gasteiger partial charge in [0.1, 0.15) is 0 Å². The topological polar surface area (TPSA) is 21.3 Å². The summed E-state index contributed by atoms with van der Waals surface area (Å²) in [4.78, 5) is 0. The Morgan fingerprint density at radius 1 is 1.31 bits per heavy atom. The van der Waals surface area contributed by atoms with Gasteiger partial charge in [-0.2, -0.15) is 0 Å². The number of ether oxygens (including phenoxy) is 1. The number of halogens is 2. The molecule has 0 aliphatic heterocycles. The van der Waals surface area contributed by atoms with E-state index in [4.69, 9.17) is 27.9 Å². The third kappa shape index (κ3) is 4.60. The Balaban J connectivity index is 2.29. The van der Waals surface area contributed by atoms with Gasteiger partial charge in [-0.3, -0.25) is 0 Å². The maximum Gasteiger partial charge on any atom is 0.0823 e. The molecule has 4 heteroatoms. The zero-order valence-electron chi connectivity index (χ0n) is 9.59. The van der Waals surface area contributed by atoms with Crippen molar-refractivity contribution >= 4 is 28.9 Å². The van der Waals surface area contributed by atoms with Gasteiger partial charge in [0.15, 0.2) is 0 Å². The van der Waals surface area contributed by atoms with Gasteiger partial charge in [0.2, 0.25) is 0 Å². The van der Waals surface area contributed by atoms with Crippen LogP contribution in [0.4, 0.5) is 5.69 Å². The second-order valence-electron chi connectivity index (χ2n) is 4.00. The monoisotopic (exact) mass is 261 g/mol. The van der Waals surface area contributed by atoms with Crippen molar-refractivity contribution in [3.8, 4) is 0 Å². The second-order valence-corrected chi connectivity index (χ2v) is 4.78. The highest BCUT2D eigenvalue weighted by Crippen LogP contribution is 2.29. The summed E-state index contributed by atoms with van der Waals surface area (Å²) in [5, 5.41) is 4.31. The molecule has 0 atom stereocenters. The Labute approximate surface area is 107 Å². The number of nitrogens with one attached hydrogen (secondary N) is 1. The smallest absolute Gasteiger partial charge is 0.0823 e. The van der Waals surface area contributed by atoms with Crippen LogP contribution in [0.1, 0.15) is 13.8 Å². The van der Waals surface area contributed by atoms with Gasteiger partial charge in [0, 0.05) is 13.2 Å². The zero-order valence-corrected chi connectivity index (χ0v) is 11.1. The van der Waals surface area contributed by atoms with E-state index in [9.17, 15) is 0 Å². The van der Waals surface area contributed by atoms with E-state index in [2.05, 4.69) is 19.2 Å². The van der Waals surface area contributed by atoms with Gasteiger partial charge in [-0.25, -0.2) is 0 Å². The maximum atomic E-state index is 6.02. The lowest BCUT2D eigenvalue weighted by Crippen LogP contribution is -2.12. The molecular weight excluding hydrogens is 245 g/mol. The first kappa shape index (κ1) is 13.6. The molecule has 0 spiro atoms. The normalized spacial score (nSPS) is 10.8. The standard InChI is InChI=1S/C12H17Cl2NO/c1-9(2)8-16-7-6-15-11-5-3-4-10(13)12(11)14/h3-5,9,15H,6-8H2,1-2H3. The van der Waals surface area contributed by atoms with Crippen LogP contribution in [0.25, 0.3) is 0 Å². The molecule has 2 nitrogen and oxygen atoms in total. The first-order valence-electron chi connectivity index (χ1n) is 5.37. The predicted octanol–water partition coefficient (Wildman–Crippen LogP) is 4.08. The van der Waals surface area contributed by atoms with E-state index in [0.717, 1.165) is 18.8 Å². The van der Waals surface area contributed by atoms with E-state index in [1.807, 2.05) is 12.1 Å². The van der Waals surface area contributed by atoms with Gasteiger partial charge in [-0.15, -0.1) is 0 Å². The summed E-state index contributed by atoms with van der Waals surface area (Å²) in [6.45, 7) is 6.43. The van der Waals surface area contributed by atoms with Gasteiger partial charge in [0.05, 0.1) is 22.3 Å². The molecule has 16 heavy (non-hydrogen) atoms. The Bertz CT molecular complexity index is 329. The van der Waals surface area contributed by atoms with Crippen molar-refractivity contribution < 1.29 is 4.74 Å². The molecule has 0 saturated carbocycles. The number of benzene rings is 1. The van der Waals surface area contributed by atoms with E-state index in [1.165, 1.54) is 0 Å². The molecule has 90 valence electrons. The fourth-order valence-corrected chi connectivity index (χ4v) is 1.58. The van der Waals surface area contributed by atoms with Crippen LogP contribution < -0.4 is 5.32 Å². The molecule has 0 amide bonds. The Morgan fingerprint density at radius 3 is 2.75 bits per heavy atom. The molecule has 1 aromatic carbocycles. The van der Waals surface area contributed by atoms with Gasteiger partial charge in [0.25, 0.3) is 0 Å². The van der Waals surface area contributed by atoms with Crippen LogP contribution >= 0.6 is 23.2 Å². The summed E-state index contributed by atoms with van der Waals surface area (Å²) in [6.07, 6.45) is 0. The summed E-state index contributed by atoms with van der Waals surface area (Å²) < 4.78 is 5.45. The molecule has 0 radical (unpaired) electrons. The third-order valence-electron chi connectivity index (χ3n) is 1.96. The zero-order chi connectivity index (χ0) is 12.0. The van der Waals surface area contributed by atoms with Crippen LogP contribution in [0, 0.1) is 5.92 Å². The van der Waals surface area contributed by atoms with E-state index in [-0.39, 0.29) is 0 Å². The molecule has 0 unspecified atom stereocenters. The Hall–Kier alpha value is -0.440. The largest absolute Gasteiger partial charge is 0.381 e. The Morgan fingerprint density at radius 2 is 2.06 bits per heavy atom. The molecule has 1 N–H and O–H groups in total. The second kappa shape index (κ2) is 7.00. The van der Waals surface area contributed by atoms with Crippen LogP contribution in [0.5, 0.6) is 0 Å². The molecule has 1 aromatic rings. The third-order valence-corrected chi connectivity index (χ3v) is 2.78. The number of rotatable bonds is 6. The van der Waals surface area contributed by atoms with Crippen molar-refractivity contribution in [1.29, 1.82) is 0 Å². The maximum absolute atomic E-state index is 6.02.